The average Bonchev–Trinajstić information content (AvgIpc) is 2.60. The van der Waals surface area contributed by atoms with E-state index in [1.54, 1.807) is 0 Å². The molecule has 1 aliphatic rings. The number of carbonyl (C=O) groups excluding carboxylic acids is 2. The van der Waals surface area contributed by atoms with E-state index in [-0.39, 0.29) is 24.6 Å². The summed E-state index contributed by atoms with van der Waals surface area (Å²) >= 11 is 0. The minimum atomic E-state index is -0.525. The number of nitrogens with one attached hydrogen (secondary N) is 2. The molecule has 6 nitrogen and oxygen atoms in total. The average molecular weight is 374 g/mol. The van der Waals surface area contributed by atoms with Gasteiger partial charge in [-0.1, -0.05) is 36.4 Å². The molecule has 0 bridgehead atoms. The van der Waals surface area contributed by atoms with E-state index in [2.05, 4.69) is 17.2 Å². The zero-order chi connectivity index (χ0) is 19.9. The van der Waals surface area contributed by atoms with E-state index in [1.807, 2.05) is 57.2 Å². The van der Waals surface area contributed by atoms with Gasteiger partial charge in [0, 0.05) is 12.1 Å². The highest BCUT2D eigenvalue weighted by atomic mass is 16.6. The standard InChI is InChI=1S/C21H30N2O4/c1-5-16-13-17(22-20(25)27-21(2,3)4)11-12-18(16)23-19(24)26-14-15-9-7-6-8-10-15/h5-10,16-18H,1,11-14H2,2-4H3,(H,22,25)(H,23,24)/t16?,17?,18-/m1/s1. The van der Waals surface area contributed by atoms with Crippen molar-refractivity contribution >= 4 is 12.2 Å². The van der Waals surface area contributed by atoms with Crippen LogP contribution in [0.2, 0.25) is 0 Å². The number of hydrogen-bond donors (Lipinski definition) is 2. The Bertz CT molecular complexity index is 639. The molecule has 2 amide bonds. The first kappa shape index (κ1) is 20.8. The van der Waals surface area contributed by atoms with Crippen LogP contribution >= 0.6 is 0 Å². The summed E-state index contributed by atoms with van der Waals surface area (Å²) in [5, 5.41) is 5.83. The third-order valence-electron chi connectivity index (χ3n) is 4.44. The van der Waals surface area contributed by atoms with Crippen LogP contribution in [0.3, 0.4) is 0 Å². The number of ether oxygens (including phenoxy) is 2. The van der Waals surface area contributed by atoms with Crippen molar-refractivity contribution < 1.29 is 19.1 Å². The van der Waals surface area contributed by atoms with Gasteiger partial charge in [-0.15, -0.1) is 6.58 Å². The molecule has 1 aromatic rings. The smallest absolute Gasteiger partial charge is 0.407 e. The molecule has 0 spiro atoms. The minimum Gasteiger partial charge on any atom is -0.445 e. The number of amides is 2. The lowest BCUT2D eigenvalue weighted by molar-refractivity contribution is 0.0480. The van der Waals surface area contributed by atoms with Crippen LogP contribution in [0.25, 0.3) is 0 Å². The Labute approximate surface area is 161 Å². The number of carbonyl (C=O) groups is 2. The van der Waals surface area contributed by atoms with Crippen LogP contribution in [0.5, 0.6) is 0 Å². The van der Waals surface area contributed by atoms with Gasteiger partial charge in [-0.25, -0.2) is 9.59 Å². The van der Waals surface area contributed by atoms with E-state index >= 15 is 0 Å². The van der Waals surface area contributed by atoms with E-state index in [4.69, 9.17) is 9.47 Å². The maximum Gasteiger partial charge on any atom is 0.407 e. The van der Waals surface area contributed by atoms with Gasteiger partial charge in [0.25, 0.3) is 0 Å². The maximum absolute atomic E-state index is 12.1. The number of rotatable bonds is 5. The molecule has 0 heterocycles. The van der Waals surface area contributed by atoms with Gasteiger partial charge in [0.1, 0.15) is 12.2 Å². The van der Waals surface area contributed by atoms with Crippen molar-refractivity contribution in [1.29, 1.82) is 0 Å². The van der Waals surface area contributed by atoms with Crippen LogP contribution in [-0.4, -0.2) is 29.9 Å². The molecule has 0 radical (unpaired) electrons. The largest absolute Gasteiger partial charge is 0.445 e. The highest BCUT2D eigenvalue weighted by Gasteiger charge is 2.31. The lowest BCUT2D eigenvalue weighted by atomic mass is 9.81. The van der Waals surface area contributed by atoms with Crippen LogP contribution in [0.4, 0.5) is 9.59 Å². The SMILES string of the molecule is C=CC1CC(NC(=O)OC(C)(C)C)CC[C@H]1NC(=O)OCc1ccccc1. The van der Waals surface area contributed by atoms with Crippen molar-refractivity contribution in [2.24, 2.45) is 5.92 Å². The summed E-state index contributed by atoms with van der Waals surface area (Å²) in [6, 6.07) is 9.50. The third-order valence-corrected chi connectivity index (χ3v) is 4.44. The van der Waals surface area contributed by atoms with Crippen molar-refractivity contribution in [3.05, 3.63) is 48.6 Å². The number of hydrogen-bond acceptors (Lipinski definition) is 4. The van der Waals surface area contributed by atoms with Gasteiger partial charge in [0.2, 0.25) is 0 Å². The van der Waals surface area contributed by atoms with E-state index < -0.39 is 17.8 Å². The second-order valence-corrected chi connectivity index (χ2v) is 7.87. The van der Waals surface area contributed by atoms with Gasteiger partial charge in [-0.2, -0.15) is 0 Å². The molecule has 1 fully saturated rings. The van der Waals surface area contributed by atoms with Crippen LogP contribution in [-0.2, 0) is 16.1 Å². The third kappa shape index (κ3) is 7.33. The molecule has 2 unspecified atom stereocenters. The van der Waals surface area contributed by atoms with Gasteiger partial charge in [0.15, 0.2) is 0 Å². The van der Waals surface area contributed by atoms with E-state index in [0.717, 1.165) is 18.4 Å². The normalized spacial score (nSPS) is 22.4. The van der Waals surface area contributed by atoms with Gasteiger partial charge < -0.3 is 20.1 Å². The quantitative estimate of drug-likeness (QED) is 0.759. The lowest BCUT2D eigenvalue weighted by Gasteiger charge is -2.35. The Morgan fingerprint density at radius 3 is 2.48 bits per heavy atom. The van der Waals surface area contributed by atoms with Crippen LogP contribution in [0.15, 0.2) is 43.0 Å². The Morgan fingerprint density at radius 1 is 1.15 bits per heavy atom. The molecule has 0 aliphatic heterocycles. The molecule has 2 rings (SSSR count). The first-order valence-electron chi connectivity index (χ1n) is 9.36. The predicted octanol–water partition coefficient (Wildman–Crippen LogP) is 4.16. The van der Waals surface area contributed by atoms with Gasteiger partial charge in [0.05, 0.1) is 0 Å². The minimum absolute atomic E-state index is 0.00115. The topological polar surface area (TPSA) is 76.7 Å². The van der Waals surface area contributed by atoms with Crippen molar-refractivity contribution in [2.45, 2.75) is 64.3 Å². The predicted molar refractivity (Wildman–Crippen MR) is 104 cm³/mol. The summed E-state index contributed by atoms with van der Waals surface area (Å²) in [5.41, 5.74) is 0.418. The Morgan fingerprint density at radius 2 is 1.85 bits per heavy atom. The van der Waals surface area contributed by atoms with E-state index in [9.17, 15) is 9.59 Å². The van der Waals surface area contributed by atoms with Crippen molar-refractivity contribution in [3.8, 4) is 0 Å². The second kappa shape index (κ2) is 9.44. The fourth-order valence-electron chi connectivity index (χ4n) is 3.17. The van der Waals surface area contributed by atoms with Crippen LogP contribution in [0.1, 0.15) is 45.6 Å². The summed E-state index contributed by atoms with van der Waals surface area (Å²) in [4.78, 5) is 24.1. The second-order valence-electron chi connectivity index (χ2n) is 7.87. The van der Waals surface area contributed by atoms with Crippen LogP contribution < -0.4 is 10.6 Å². The summed E-state index contributed by atoms with van der Waals surface area (Å²) in [5.74, 6) is 0.0583. The number of benzene rings is 1. The lowest BCUT2D eigenvalue weighted by Crippen LogP contribution is -2.49. The fourth-order valence-corrected chi connectivity index (χ4v) is 3.17. The van der Waals surface area contributed by atoms with E-state index in [0.29, 0.717) is 6.42 Å². The Balaban J connectivity index is 1.79. The fraction of sp³-hybridized carbons (Fsp3) is 0.524. The van der Waals surface area contributed by atoms with Gasteiger partial charge in [-0.3, -0.25) is 0 Å². The highest BCUT2D eigenvalue weighted by molar-refractivity contribution is 5.68. The molecule has 0 aromatic heterocycles. The zero-order valence-corrected chi connectivity index (χ0v) is 16.4. The summed E-state index contributed by atoms with van der Waals surface area (Å²) in [6.07, 6.45) is 3.17. The highest BCUT2D eigenvalue weighted by Crippen LogP contribution is 2.26. The first-order valence-corrected chi connectivity index (χ1v) is 9.36. The molecule has 6 heteroatoms. The molecule has 1 saturated carbocycles. The Hall–Kier alpha value is -2.50. The van der Waals surface area contributed by atoms with Crippen molar-refractivity contribution in [2.75, 3.05) is 0 Å². The van der Waals surface area contributed by atoms with Crippen molar-refractivity contribution in [3.63, 3.8) is 0 Å². The molecule has 27 heavy (non-hydrogen) atoms. The molecule has 3 atom stereocenters. The summed E-state index contributed by atoms with van der Waals surface area (Å²) in [7, 11) is 0. The molecule has 1 aliphatic carbocycles. The molecule has 2 N–H and O–H groups in total. The van der Waals surface area contributed by atoms with Gasteiger partial charge in [-0.05, 0) is 51.5 Å². The maximum atomic E-state index is 12.1. The monoisotopic (exact) mass is 374 g/mol. The van der Waals surface area contributed by atoms with Crippen molar-refractivity contribution in [1.82, 2.24) is 10.6 Å². The molecule has 0 saturated heterocycles. The summed E-state index contributed by atoms with van der Waals surface area (Å²) < 4.78 is 10.6. The summed E-state index contributed by atoms with van der Waals surface area (Å²) in [6.45, 7) is 9.61. The number of alkyl carbamates (subject to hydrolysis) is 2. The molecular formula is C21H30N2O4. The molecule has 1 aromatic carbocycles. The molecule has 148 valence electrons. The Kier molecular flexibility index (Phi) is 7.28. The van der Waals surface area contributed by atoms with E-state index in [1.165, 1.54) is 0 Å². The zero-order valence-electron chi connectivity index (χ0n) is 16.4. The first-order chi connectivity index (χ1) is 12.8. The molecular weight excluding hydrogens is 344 g/mol. The van der Waals surface area contributed by atoms with Crippen LogP contribution in [0, 0.1) is 5.92 Å². The van der Waals surface area contributed by atoms with Gasteiger partial charge >= 0.3 is 12.2 Å².